The number of rotatable bonds is 5. The van der Waals surface area contributed by atoms with E-state index in [-0.39, 0.29) is 18.3 Å². The van der Waals surface area contributed by atoms with Gasteiger partial charge in [-0.25, -0.2) is 14.1 Å². The molecule has 1 aromatic carbocycles. The Kier molecular flexibility index (Phi) is 6.74. The summed E-state index contributed by atoms with van der Waals surface area (Å²) in [4.78, 5) is 28.9. The second-order valence-corrected chi connectivity index (χ2v) is 8.71. The highest BCUT2D eigenvalue weighted by atomic mass is 31.0. The third-order valence-electron chi connectivity index (χ3n) is 4.40. The first-order chi connectivity index (χ1) is 14.1. The predicted octanol–water partition coefficient (Wildman–Crippen LogP) is 2.52. The van der Waals surface area contributed by atoms with Crippen molar-refractivity contribution in [2.75, 3.05) is 5.32 Å². The number of pyridine rings is 1. The molecule has 1 N–H and O–H groups in total. The standard InChI is InChI=1S/C21H23FN4O2P2/c1-11(2)20-16(13-4-12(3)5-14(29)6-13)8-19(28)26(25-20)10-18(27)24-21-17(22)7-15(30)9-23-21/h4-9,11H,10,29-30H2,1-3H3,(H,23,24,27). The maximum absolute atomic E-state index is 13.9. The molecule has 1 amide bonds. The van der Waals surface area contributed by atoms with Crippen molar-refractivity contribution >= 4 is 40.8 Å². The van der Waals surface area contributed by atoms with Gasteiger partial charge in [0.05, 0.1) is 5.69 Å². The van der Waals surface area contributed by atoms with E-state index in [1.54, 1.807) is 0 Å². The van der Waals surface area contributed by atoms with E-state index in [4.69, 9.17) is 0 Å². The molecule has 2 unspecified atom stereocenters. The highest BCUT2D eigenvalue weighted by Crippen LogP contribution is 2.26. The smallest absolute Gasteiger partial charge is 0.267 e. The highest BCUT2D eigenvalue weighted by Gasteiger charge is 2.17. The summed E-state index contributed by atoms with van der Waals surface area (Å²) < 4.78 is 15.0. The van der Waals surface area contributed by atoms with E-state index in [0.717, 1.165) is 26.7 Å². The van der Waals surface area contributed by atoms with Crippen molar-refractivity contribution in [1.82, 2.24) is 14.8 Å². The number of amides is 1. The van der Waals surface area contributed by atoms with Crippen LogP contribution in [-0.2, 0) is 11.3 Å². The zero-order chi connectivity index (χ0) is 22.0. The maximum atomic E-state index is 13.9. The largest absolute Gasteiger partial charge is 0.307 e. The summed E-state index contributed by atoms with van der Waals surface area (Å²) >= 11 is 0. The van der Waals surface area contributed by atoms with Gasteiger partial charge in [-0.3, -0.25) is 9.59 Å². The van der Waals surface area contributed by atoms with Crippen molar-refractivity contribution in [3.8, 4) is 11.1 Å². The van der Waals surface area contributed by atoms with Crippen molar-refractivity contribution in [1.29, 1.82) is 0 Å². The Bertz CT molecular complexity index is 1160. The lowest BCUT2D eigenvalue weighted by Crippen LogP contribution is -2.31. The van der Waals surface area contributed by atoms with Gasteiger partial charge in [-0.1, -0.05) is 26.0 Å². The van der Waals surface area contributed by atoms with Crippen molar-refractivity contribution in [3.05, 3.63) is 64.0 Å². The molecule has 0 saturated carbocycles. The number of carbonyl (C=O) groups is 1. The minimum absolute atomic E-state index is 0.0251. The number of aryl methyl sites for hydroxylation is 1. The predicted molar refractivity (Wildman–Crippen MR) is 124 cm³/mol. The minimum atomic E-state index is -0.651. The Hall–Kier alpha value is -2.49. The Labute approximate surface area is 178 Å². The molecule has 0 saturated heterocycles. The van der Waals surface area contributed by atoms with Crippen LogP contribution in [0.5, 0.6) is 0 Å². The molecule has 156 valence electrons. The van der Waals surface area contributed by atoms with Crippen LogP contribution < -0.4 is 21.5 Å². The van der Waals surface area contributed by atoms with Crippen LogP contribution in [0.3, 0.4) is 0 Å². The third-order valence-corrected chi connectivity index (χ3v) is 5.05. The van der Waals surface area contributed by atoms with Gasteiger partial charge >= 0.3 is 0 Å². The van der Waals surface area contributed by atoms with E-state index in [9.17, 15) is 14.0 Å². The van der Waals surface area contributed by atoms with Crippen LogP contribution in [-0.4, -0.2) is 20.7 Å². The highest BCUT2D eigenvalue weighted by molar-refractivity contribution is 7.27. The number of hydrogen-bond acceptors (Lipinski definition) is 4. The fourth-order valence-corrected chi connectivity index (χ4v) is 3.76. The summed E-state index contributed by atoms with van der Waals surface area (Å²) in [5.41, 5.74) is 3.00. The lowest BCUT2D eigenvalue weighted by Gasteiger charge is -2.15. The normalized spacial score (nSPS) is 11.0. The van der Waals surface area contributed by atoms with E-state index >= 15 is 0 Å². The molecule has 0 fully saturated rings. The molecule has 0 bridgehead atoms. The summed E-state index contributed by atoms with van der Waals surface area (Å²) in [5, 5.41) is 8.40. The van der Waals surface area contributed by atoms with E-state index < -0.39 is 17.3 Å². The van der Waals surface area contributed by atoms with Crippen LogP contribution >= 0.6 is 18.5 Å². The van der Waals surface area contributed by atoms with Gasteiger partial charge in [0.1, 0.15) is 6.54 Å². The van der Waals surface area contributed by atoms with E-state index in [0.29, 0.717) is 11.0 Å². The van der Waals surface area contributed by atoms with Gasteiger partial charge in [0.25, 0.3) is 5.56 Å². The molecule has 3 rings (SSSR count). The third kappa shape index (κ3) is 5.16. The molecule has 6 nitrogen and oxygen atoms in total. The van der Waals surface area contributed by atoms with Crippen molar-refractivity contribution in [3.63, 3.8) is 0 Å². The maximum Gasteiger partial charge on any atom is 0.267 e. The second-order valence-electron chi connectivity index (χ2n) is 7.37. The Morgan fingerprint density at radius 2 is 1.90 bits per heavy atom. The van der Waals surface area contributed by atoms with Crippen LogP contribution in [0.25, 0.3) is 11.1 Å². The molecular weight excluding hydrogens is 421 g/mol. The molecule has 9 heteroatoms. The van der Waals surface area contributed by atoms with Gasteiger partial charge in [-0.15, -0.1) is 18.5 Å². The number of aromatic nitrogens is 3. The minimum Gasteiger partial charge on any atom is -0.307 e. The van der Waals surface area contributed by atoms with Gasteiger partial charge < -0.3 is 5.32 Å². The van der Waals surface area contributed by atoms with Gasteiger partial charge in [-0.05, 0) is 46.7 Å². The zero-order valence-electron chi connectivity index (χ0n) is 16.9. The molecule has 2 aromatic heterocycles. The van der Waals surface area contributed by atoms with Gasteiger partial charge in [0.15, 0.2) is 11.6 Å². The fourth-order valence-electron chi connectivity index (χ4n) is 3.10. The molecule has 0 aliphatic heterocycles. The van der Waals surface area contributed by atoms with Gasteiger partial charge in [0, 0.05) is 17.8 Å². The first kappa shape index (κ1) is 22.2. The molecule has 2 heterocycles. The first-order valence-electron chi connectivity index (χ1n) is 9.34. The molecule has 30 heavy (non-hydrogen) atoms. The van der Waals surface area contributed by atoms with Gasteiger partial charge in [-0.2, -0.15) is 5.10 Å². The van der Waals surface area contributed by atoms with Crippen LogP contribution in [0.2, 0.25) is 0 Å². The van der Waals surface area contributed by atoms with Crippen molar-refractivity contribution in [2.45, 2.75) is 33.2 Å². The number of anilines is 1. The SMILES string of the molecule is Cc1cc(P)cc(-c2cc(=O)n(CC(=O)Nc3ncc(P)cc3F)nc2C(C)C)c1. The van der Waals surface area contributed by atoms with Crippen molar-refractivity contribution in [2.24, 2.45) is 0 Å². The lowest BCUT2D eigenvalue weighted by atomic mass is 9.97. The summed E-state index contributed by atoms with van der Waals surface area (Å²) in [6, 6.07) is 8.74. The summed E-state index contributed by atoms with van der Waals surface area (Å²) in [6.45, 7) is 5.59. The summed E-state index contributed by atoms with van der Waals surface area (Å²) in [5.74, 6) is -1.40. The number of nitrogens with one attached hydrogen (secondary N) is 1. The van der Waals surface area contributed by atoms with Crippen LogP contribution in [0.1, 0.15) is 31.0 Å². The van der Waals surface area contributed by atoms with E-state index in [1.807, 2.05) is 39.0 Å². The lowest BCUT2D eigenvalue weighted by molar-refractivity contribution is -0.117. The quantitative estimate of drug-likeness (QED) is 0.614. The summed E-state index contributed by atoms with van der Waals surface area (Å²) in [6.07, 6.45) is 1.42. The van der Waals surface area contributed by atoms with Gasteiger partial charge in [0.2, 0.25) is 5.91 Å². The molecule has 0 aliphatic carbocycles. The number of halogens is 1. The van der Waals surface area contributed by atoms with E-state index in [2.05, 4.69) is 33.9 Å². The Morgan fingerprint density at radius 3 is 2.53 bits per heavy atom. The molecule has 3 aromatic rings. The van der Waals surface area contributed by atoms with Crippen LogP contribution in [0, 0.1) is 12.7 Å². The average Bonchev–Trinajstić information content (AvgIpc) is 2.64. The Morgan fingerprint density at radius 1 is 1.17 bits per heavy atom. The first-order valence-corrected chi connectivity index (χ1v) is 10.5. The molecule has 0 aliphatic rings. The van der Waals surface area contributed by atoms with Crippen molar-refractivity contribution < 1.29 is 9.18 Å². The second kappa shape index (κ2) is 9.11. The average molecular weight is 444 g/mol. The number of hydrogen-bond donors (Lipinski definition) is 1. The van der Waals surface area contributed by atoms with Crippen LogP contribution in [0.15, 0.2) is 41.3 Å². The fraction of sp³-hybridized carbons (Fsp3) is 0.238. The number of benzene rings is 1. The monoisotopic (exact) mass is 444 g/mol. The molecule has 0 spiro atoms. The number of nitrogens with zero attached hydrogens (tertiary/aromatic N) is 3. The topological polar surface area (TPSA) is 76.9 Å². The zero-order valence-corrected chi connectivity index (χ0v) is 19.2. The molecule has 2 atom stereocenters. The molecular formula is C21H23FN4O2P2. The molecule has 0 radical (unpaired) electrons. The Balaban J connectivity index is 1.93. The van der Waals surface area contributed by atoms with E-state index in [1.165, 1.54) is 18.3 Å². The summed E-state index contributed by atoms with van der Waals surface area (Å²) in [7, 11) is 4.99. The van der Waals surface area contributed by atoms with Crippen LogP contribution in [0.4, 0.5) is 10.2 Å². The number of carbonyl (C=O) groups excluding carboxylic acids is 1.